The topological polar surface area (TPSA) is 3.24 Å². The molecule has 2 aliphatic rings. The number of para-hydroxylation sites is 1. The molecule has 0 amide bonds. The third-order valence-corrected chi connectivity index (χ3v) is 15.4. The van der Waals surface area contributed by atoms with Gasteiger partial charge in [-0.15, -0.1) is 0 Å². The maximum atomic E-state index is 2.50. The van der Waals surface area contributed by atoms with E-state index in [-0.39, 0.29) is 5.41 Å². The van der Waals surface area contributed by atoms with Crippen molar-refractivity contribution in [3.8, 4) is 22.3 Å². The molecule has 224 valence electrons. The zero-order chi connectivity index (χ0) is 31.6. The number of benzene rings is 7. The normalized spacial score (nSPS) is 14.5. The van der Waals surface area contributed by atoms with Crippen LogP contribution in [0.25, 0.3) is 22.3 Å². The number of hydrogen-bond acceptors (Lipinski definition) is 1. The third-order valence-electron chi connectivity index (χ3n) is 10.5. The van der Waals surface area contributed by atoms with Gasteiger partial charge < -0.3 is 4.90 Å². The molecule has 1 nitrogen and oxygen atoms in total. The molecule has 0 radical (unpaired) electrons. The Morgan fingerprint density at radius 1 is 0.426 bits per heavy atom. The zero-order valence-electron chi connectivity index (χ0n) is 26.7. The average Bonchev–Trinajstić information content (AvgIpc) is 3.56. The van der Waals surface area contributed by atoms with Crippen molar-refractivity contribution in [2.45, 2.75) is 19.3 Å². The first-order valence-electron chi connectivity index (χ1n) is 16.5. The first-order chi connectivity index (χ1) is 23.1. The van der Waals surface area contributed by atoms with Crippen LogP contribution in [0, 0.1) is 0 Å². The van der Waals surface area contributed by atoms with E-state index in [0.29, 0.717) is 0 Å². The van der Waals surface area contributed by atoms with Crippen molar-refractivity contribution >= 4 is 45.9 Å². The molecule has 9 rings (SSSR count). The Hall–Kier alpha value is -5.44. The number of fused-ring (bicyclic) bond motifs is 6. The summed E-state index contributed by atoms with van der Waals surface area (Å²) in [5.74, 6) is 0. The van der Waals surface area contributed by atoms with Gasteiger partial charge in [0.1, 0.15) is 0 Å². The minimum atomic E-state index is -2.61. The lowest BCUT2D eigenvalue weighted by Gasteiger charge is -2.32. The van der Waals surface area contributed by atoms with Crippen LogP contribution in [-0.4, -0.2) is 8.07 Å². The van der Waals surface area contributed by atoms with E-state index in [1.807, 2.05) is 0 Å². The summed E-state index contributed by atoms with van der Waals surface area (Å²) in [6, 6.07) is 65.6. The second-order valence-corrected chi connectivity index (χ2v) is 17.0. The van der Waals surface area contributed by atoms with Crippen molar-refractivity contribution in [3.63, 3.8) is 0 Å². The fraction of sp³-hybridized carbons (Fsp3) is 0.0667. The summed E-state index contributed by atoms with van der Waals surface area (Å²) in [5.41, 5.74) is 11.6. The highest BCUT2D eigenvalue weighted by Gasteiger charge is 2.49. The molecular formula is C45H35NSi. The van der Waals surface area contributed by atoms with Gasteiger partial charge in [-0.25, -0.2) is 0 Å². The molecule has 0 atom stereocenters. The van der Waals surface area contributed by atoms with E-state index in [9.17, 15) is 0 Å². The maximum Gasteiger partial charge on any atom is 0.180 e. The van der Waals surface area contributed by atoms with Crippen molar-refractivity contribution in [2.75, 3.05) is 4.90 Å². The largest absolute Gasteiger partial charge is 0.310 e. The highest BCUT2D eigenvalue weighted by molar-refractivity contribution is 7.22. The van der Waals surface area contributed by atoms with Gasteiger partial charge in [-0.1, -0.05) is 159 Å². The van der Waals surface area contributed by atoms with Crippen LogP contribution >= 0.6 is 0 Å². The van der Waals surface area contributed by atoms with Crippen molar-refractivity contribution in [1.82, 2.24) is 0 Å². The summed E-state index contributed by atoms with van der Waals surface area (Å²) >= 11 is 0. The van der Waals surface area contributed by atoms with E-state index < -0.39 is 8.07 Å². The summed E-state index contributed by atoms with van der Waals surface area (Å²) in [7, 11) is -2.61. The fourth-order valence-corrected chi connectivity index (χ4v) is 13.7. The second-order valence-electron chi connectivity index (χ2n) is 13.3. The highest BCUT2D eigenvalue weighted by atomic mass is 28.3. The molecule has 0 saturated heterocycles. The number of hydrogen-bond donors (Lipinski definition) is 0. The molecule has 47 heavy (non-hydrogen) atoms. The third kappa shape index (κ3) is 3.95. The van der Waals surface area contributed by atoms with Gasteiger partial charge in [0.25, 0.3) is 0 Å². The van der Waals surface area contributed by atoms with Crippen LogP contribution in [-0.2, 0) is 5.41 Å². The van der Waals surface area contributed by atoms with E-state index in [1.165, 1.54) is 65.5 Å². The Balaban J connectivity index is 1.34. The van der Waals surface area contributed by atoms with Crippen LogP contribution in [0.5, 0.6) is 0 Å². The van der Waals surface area contributed by atoms with Gasteiger partial charge in [0, 0.05) is 22.4 Å². The summed E-state index contributed by atoms with van der Waals surface area (Å²) in [4.78, 5) is 2.50. The standard InChI is InChI=1S/C45H35NSi/c1-45(2)39-25-14-12-23-36(39)37-30-29-33(31-40(37)45)46(32-17-6-3-7-18-32)41-26-16-28-43-44(41)38-24-13-15-27-42(38)47(43,34-19-8-4-9-20-34)35-21-10-5-11-22-35/h3-31H,1-2H3. The molecule has 0 aromatic heterocycles. The van der Waals surface area contributed by atoms with Crippen LogP contribution in [0.2, 0.25) is 0 Å². The smallest absolute Gasteiger partial charge is 0.180 e. The predicted octanol–water partition coefficient (Wildman–Crippen LogP) is 8.82. The molecule has 1 heterocycles. The van der Waals surface area contributed by atoms with Crippen LogP contribution in [0.3, 0.4) is 0 Å². The Bertz CT molecular complexity index is 2230. The molecule has 0 fully saturated rings. The summed E-state index contributed by atoms with van der Waals surface area (Å²) in [6.45, 7) is 4.73. The van der Waals surface area contributed by atoms with Gasteiger partial charge in [0.2, 0.25) is 0 Å². The summed E-state index contributed by atoms with van der Waals surface area (Å²) in [5, 5.41) is 5.73. The van der Waals surface area contributed by atoms with E-state index in [1.54, 1.807) is 0 Å². The van der Waals surface area contributed by atoms with Crippen molar-refractivity contribution in [1.29, 1.82) is 0 Å². The summed E-state index contributed by atoms with van der Waals surface area (Å²) < 4.78 is 0. The Kier molecular flexibility index (Phi) is 6.25. The SMILES string of the molecule is CC1(C)c2ccccc2-c2ccc(N(c3ccccc3)c3cccc4c3-c3ccccc3[Si]4(c3ccccc3)c3ccccc3)cc21. The molecule has 0 saturated carbocycles. The van der Waals surface area contributed by atoms with Crippen molar-refractivity contribution in [2.24, 2.45) is 0 Å². The molecule has 0 unspecified atom stereocenters. The van der Waals surface area contributed by atoms with E-state index in [0.717, 1.165) is 5.69 Å². The van der Waals surface area contributed by atoms with E-state index >= 15 is 0 Å². The van der Waals surface area contributed by atoms with Gasteiger partial charge >= 0.3 is 0 Å². The molecule has 1 aliphatic heterocycles. The lowest BCUT2D eigenvalue weighted by Crippen LogP contribution is -2.72. The first kappa shape index (κ1) is 27.8. The Morgan fingerprint density at radius 3 is 1.68 bits per heavy atom. The fourth-order valence-electron chi connectivity index (χ4n) is 8.50. The van der Waals surface area contributed by atoms with Crippen molar-refractivity contribution < 1.29 is 0 Å². The maximum absolute atomic E-state index is 2.61. The minimum absolute atomic E-state index is 0.0851. The molecule has 0 spiro atoms. The number of anilines is 3. The minimum Gasteiger partial charge on any atom is -0.310 e. The van der Waals surface area contributed by atoms with Gasteiger partial charge in [0.15, 0.2) is 8.07 Å². The summed E-state index contributed by atoms with van der Waals surface area (Å²) in [6.07, 6.45) is 0. The van der Waals surface area contributed by atoms with Gasteiger partial charge in [0.05, 0.1) is 5.69 Å². The van der Waals surface area contributed by atoms with Crippen LogP contribution in [0.4, 0.5) is 17.1 Å². The van der Waals surface area contributed by atoms with Gasteiger partial charge in [-0.05, 0) is 78.9 Å². The van der Waals surface area contributed by atoms with Crippen LogP contribution in [0.1, 0.15) is 25.0 Å². The number of nitrogens with zero attached hydrogens (tertiary/aromatic N) is 1. The molecule has 2 heteroatoms. The molecule has 7 aromatic carbocycles. The Labute approximate surface area is 278 Å². The van der Waals surface area contributed by atoms with Crippen LogP contribution in [0.15, 0.2) is 176 Å². The molecule has 0 bridgehead atoms. The monoisotopic (exact) mass is 617 g/mol. The number of rotatable bonds is 5. The van der Waals surface area contributed by atoms with Crippen LogP contribution < -0.4 is 25.6 Å². The Morgan fingerprint density at radius 2 is 0.979 bits per heavy atom. The second kappa shape index (κ2) is 10.6. The molecule has 1 aliphatic carbocycles. The first-order valence-corrected chi connectivity index (χ1v) is 18.5. The van der Waals surface area contributed by atoms with Crippen molar-refractivity contribution in [3.05, 3.63) is 187 Å². The zero-order valence-corrected chi connectivity index (χ0v) is 27.7. The molecule has 7 aromatic rings. The quantitative estimate of drug-likeness (QED) is 0.175. The lowest BCUT2D eigenvalue weighted by atomic mass is 9.82. The lowest BCUT2D eigenvalue weighted by molar-refractivity contribution is 0.660. The van der Waals surface area contributed by atoms with Gasteiger partial charge in [-0.2, -0.15) is 0 Å². The van der Waals surface area contributed by atoms with E-state index in [4.69, 9.17) is 0 Å². The predicted molar refractivity (Wildman–Crippen MR) is 201 cm³/mol. The average molecular weight is 618 g/mol. The van der Waals surface area contributed by atoms with E-state index in [2.05, 4.69) is 195 Å². The molecular weight excluding hydrogens is 583 g/mol. The highest BCUT2D eigenvalue weighted by Crippen LogP contribution is 2.51. The molecule has 0 N–H and O–H groups in total. The van der Waals surface area contributed by atoms with Gasteiger partial charge in [-0.3, -0.25) is 0 Å².